The van der Waals surface area contributed by atoms with Crippen LogP contribution in [0.1, 0.15) is 46.1 Å². The molecule has 0 aliphatic carbocycles. The molecule has 0 bridgehead atoms. The quantitative estimate of drug-likeness (QED) is 0.408. The van der Waals surface area contributed by atoms with Crippen molar-refractivity contribution < 1.29 is 24.2 Å². The molecule has 0 radical (unpaired) electrons. The van der Waals surface area contributed by atoms with Crippen molar-refractivity contribution in [2.24, 2.45) is 17.6 Å². The zero-order valence-electron chi connectivity index (χ0n) is 18.3. The molecular weight excluding hydrogens is 386 g/mol. The van der Waals surface area contributed by atoms with E-state index >= 15 is 0 Å². The molecule has 0 aliphatic rings. The Morgan fingerprint density at radius 3 is 2.07 bits per heavy atom. The Morgan fingerprint density at radius 1 is 0.967 bits per heavy atom. The molecule has 0 aromatic heterocycles. The minimum atomic E-state index is -1.09. The van der Waals surface area contributed by atoms with Gasteiger partial charge in [0.25, 0.3) is 5.91 Å². The fourth-order valence-corrected chi connectivity index (χ4v) is 3.15. The van der Waals surface area contributed by atoms with Crippen molar-refractivity contribution in [3.8, 4) is 0 Å². The molecule has 30 heavy (non-hydrogen) atoms. The van der Waals surface area contributed by atoms with E-state index in [4.69, 9.17) is 10.5 Å². The molecular formula is C22H35N3O5. The summed E-state index contributed by atoms with van der Waals surface area (Å²) < 4.78 is 4.96. The van der Waals surface area contributed by atoms with Gasteiger partial charge in [-0.2, -0.15) is 0 Å². The van der Waals surface area contributed by atoms with Gasteiger partial charge in [-0.25, -0.2) is 4.79 Å². The van der Waals surface area contributed by atoms with Gasteiger partial charge in [0.15, 0.2) is 6.10 Å². The number of rotatable bonds is 12. The number of nitrogens with one attached hydrogen (secondary N) is 2. The first-order valence-corrected chi connectivity index (χ1v) is 10.3. The van der Waals surface area contributed by atoms with Crippen molar-refractivity contribution in [3.63, 3.8) is 0 Å². The molecule has 1 aromatic rings. The van der Waals surface area contributed by atoms with Crippen LogP contribution < -0.4 is 16.4 Å². The van der Waals surface area contributed by atoms with Crippen LogP contribution in [0.2, 0.25) is 0 Å². The lowest BCUT2D eigenvalue weighted by Crippen LogP contribution is -2.54. The van der Waals surface area contributed by atoms with Gasteiger partial charge in [0.05, 0.1) is 12.6 Å². The fraction of sp³-hybridized carbons (Fsp3) is 0.591. The van der Waals surface area contributed by atoms with Crippen LogP contribution in [0.5, 0.6) is 0 Å². The van der Waals surface area contributed by atoms with Crippen LogP contribution in [-0.2, 0) is 20.7 Å². The van der Waals surface area contributed by atoms with Gasteiger partial charge in [-0.1, -0.05) is 58.0 Å². The number of carbonyl (C=O) groups excluding carboxylic acids is 3. The van der Waals surface area contributed by atoms with Crippen LogP contribution in [0.4, 0.5) is 4.79 Å². The summed E-state index contributed by atoms with van der Waals surface area (Å²) in [5.74, 6) is -0.632. The third kappa shape index (κ3) is 9.73. The van der Waals surface area contributed by atoms with E-state index in [9.17, 15) is 19.5 Å². The van der Waals surface area contributed by atoms with Gasteiger partial charge in [0, 0.05) is 6.42 Å². The first kappa shape index (κ1) is 25.4. The summed E-state index contributed by atoms with van der Waals surface area (Å²) in [5.41, 5.74) is 5.96. The summed E-state index contributed by atoms with van der Waals surface area (Å²) in [5, 5.41) is 15.1. The van der Waals surface area contributed by atoms with Gasteiger partial charge >= 0.3 is 6.09 Å². The van der Waals surface area contributed by atoms with Gasteiger partial charge < -0.3 is 26.2 Å². The van der Waals surface area contributed by atoms with E-state index in [1.807, 2.05) is 58.0 Å². The molecule has 0 saturated carbocycles. The number of aliphatic hydroxyl groups excluding tert-OH is 1. The molecule has 5 N–H and O–H groups in total. The smallest absolute Gasteiger partial charge is 0.405 e. The van der Waals surface area contributed by atoms with E-state index < -0.39 is 36.1 Å². The molecule has 3 amide bonds. The maximum atomic E-state index is 12.9. The maximum absolute atomic E-state index is 12.9. The van der Waals surface area contributed by atoms with Crippen LogP contribution in [0.15, 0.2) is 30.3 Å². The summed E-state index contributed by atoms with van der Waals surface area (Å²) in [6, 6.07) is 7.96. The monoisotopic (exact) mass is 421 g/mol. The SMILES string of the molecule is CC(C)CC(CO)NC(=O)C(Cc1ccccc1)NC(=O)C(CC(C)C)OC(N)=O. The van der Waals surface area contributed by atoms with E-state index in [1.54, 1.807) is 0 Å². The predicted molar refractivity (Wildman–Crippen MR) is 114 cm³/mol. The van der Waals surface area contributed by atoms with E-state index in [-0.39, 0.29) is 31.3 Å². The molecule has 0 heterocycles. The third-order valence-electron chi connectivity index (χ3n) is 4.47. The van der Waals surface area contributed by atoms with Gasteiger partial charge in [-0.05, 0) is 30.2 Å². The number of aliphatic hydroxyl groups is 1. The lowest BCUT2D eigenvalue weighted by atomic mass is 10.0. The number of hydrogen-bond donors (Lipinski definition) is 4. The summed E-state index contributed by atoms with van der Waals surface area (Å²) >= 11 is 0. The number of nitrogens with two attached hydrogens (primary N) is 1. The summed E-state index contributed by atoms with van der Waals surface area (Å²) in [6.45, 7) is 7.56. The number of carbonyl (C=O) groups is 3. The molecule has 8 nitrogen and oxygen atoms in total. The highest BCUT2D eigenvalue weighted by Crippen LogP contribution is 2.11. The second-order valence-corrected chi connectivity index (χ2v) is 8.32. The average Bonchev–Trinajstić information content (AvgIpc) is 2.66. The number of benzene rings is 1. The number of ether oxygens (including phenoxy) is 1. The largest absolute Gasteiger partial charge is 0.436 e. The Hall–Kier alpha value is -2.61. The summed E-state index contributed by atoms with van der Waals surface area (Å²) in [4.78, 5) is 36.9. The molecule has 0 saturated heterocycles. The zero-order valence-corrected chi connectivity index (χ0v) is 18.3. The van der Waals surface area contributed by atoms with Crippen LogP contribution in [0.25, 0.3) is 0 Å². The molecule has 3 atom stereocenters. The molecule has 0 fully saturated rings. The van der Waals surface area contributed by atoms with Crippen molar-refractivity contribution in [1.29, 1.82) is 0 Å². The Labute approximate surface area is 178 Å². The Balaban J connectivity index is 2.99. The van der Waals surface area contributed by atoms with E-state index in [1.165, 1.54) is 0 Å². The molecule has 0 spiro atoms. The van der Waals surface area contributed by atoms with Gasteiger partial charge in [-0.3, -0.25) is 9.59 Å². The van der Waals surface area contributed by atoms with E-state index in [2.05, 4.69) is 10.6 Å². The fourth-order valence-electron chi connectivity index (χ4n) is 3.15. The molecule has 168 valence electrons. The van der Waals surface area contributed by atoms with E-state index in [0.717, 1.165) is 5.56 Å². The highest BCUT2D eigenvalue weighted by molar-refractivity contribution is 5.90. The number of hydrogen-bond acceptors (Lipinski definition) is 5. The van der Waals surface area contributed by atoms with Crippen molar-refractivity contribution in [1.82, 2.24) is 10.6 Å². The Bertz CT molecular complexity index is 679. The van der Waals surface area contributed by atoms with Gasteiger partial charge in [-0.15, -0.1) is 0 Å². The molecule has 8 heteroatoms. The minimum Gasteiger partial charge on any atom is -0.436 e. The normalized spacial score (nSPS) is 14.1. The molecule has 1 aromatic carbocycles. The van der Waals surface area contributed by atoms with Crippen LogP contribution in [0.3, 0.4) is 0 Å². The van der Waals surface area contributed by atoms with Crippen LogP contribution in [-0.4, -0.2) is 47.8 Å². The topological polar surface area (TPSA) is 131 Å². The second-order valence-electron chi connectivity index (χ2n) is 8.32. The minimum absolute atomic E-state index is 0.0753. The second kappa shape index (κ2) is 12.8. The zero-order chi connectivity index (χ0) is 22.7. The highest BCUT2D eigenvalue weighted by atomic mass is 16.6. The van der Waals surface area contributed by atoms with E-state index in [0.29, 0.717) is 6.42 Å². The van der Waals surface area contributed by atoms with Crippen molar-refractivity contribution in [2.45, 2.75) is 65.1 Å². The van der Waals surface area contributed by atoms with Crippen LogP contribution in [0, 0.1) is 11.8 Å². The average molecular weight is 422 g/mol. The first-order chi connectivity index (χ1) is 14.1. The lowest BCUT2D eigenvalue weighted by molar-refractivity contribution is -0.135. The molecule has 3 unspecified atom stereocenters. The summed E-state index contributed by atoms with van der Waals surface area (Å²) in [7, 11) is 0. The highest BCUT2D eigenvalue weighted by Gasteiger charge is 2.29. The lowest BCUT2D eigenvalue weighted by Gasteiger charge is -2.25. The van der Waals surface area contributed by atoms with Crippen molar-refractivity contribution in [2.75, 3.05) is 6.61 Å². The predicted octanol–water partition coefficient (Wildman–Crippen LogP) is 1.75. The van der Waals surface area contributed by atoms with Gasteiger partial charge in [0.2, 0.25) is 5.91 Å². The van der Waals surface area contributed by atoms with Crippen molar-refractivity contribution >= 4 is 17.9 Å². The number of primary amides is 1. The Morgan fingerprint density at radius 2 is 1.57 bits per heavy atom. The summed E-state index contributed by atoms with van der Waals surface area (Å²) in [6.07, 6.45) is -0.991. The van der Waals surface area contributed by atoms with Crippen LogP contribution >= 0.6 is 0 Å². The third-order valence-corrected chi connectivity index (χ3v) is 4.47. The number of amides is 3. The van der Waals surface area contributed by atoms with Crippen molar-refractivity contribution in [3.05, 3.63) is 35.9 Å². The first-order valence-electron chi connectivity index (χ1n) is 10.3. The molecule has 0 aliphatic heterocycles. The van der Waals surface area contributed by atoms with Gasteiger partial charge in [0.1, 0.15) is 6.04 Å². The Kier molecular flexibility index (Phi) is 10.9. The maximum Gasteiger partial charge on any atom is 0.405 e. The standard InChI is InChI=1S/C22H35N3O5/c1-14(2)10-17(13-26)24-20(27)18(12-16-8-6-5-7-9-16)25-21(28)19(11-15(3)4)30-22(23)29/h5-9,14-15,17-19,26H,10-13H2,1-4H3,(H2,23,29)(H,24,27)(H,25,28). The molecule has 1 rings (SSSR count).